The van der Waals surface area contributed by atoms with Crippen molar-refractivity contribution in [3.63, 3.8) is 0 Å². The first-order chi connectivity index (χ1) is 13.6. The fourth-order valence-corrected chi connectivity index (χ4v) is 2.91. The van der Waals surface area contributed by atoms with Gasteiger partial charge in [-0.1, -0.05) is 13.0 Å². The number of aryl methyl sites for hydroxylation is 1. The molecule has 2 aromatic rings. The van der Waals surface area contributed by atoms with E-state index in [9.17, 15) is 4.39 Å². The van der Waals surface area contributed by atoms with Crippen molar-refractivity contribution in [2.24, 2.45) is 10.9 Å². The van der Waals surface area contributed by atoms with Crippen molar-refractivity contribution in [2.45, 2.75) is 45.7 Å². The van der Waals surface area contributed by atoms with Crippen LogP contribution in [-0.4, -0.2) is 40.9 Å². The first kappa shape index (κ1) is 23.4. The molecule has 0 aliphatic heterocycles. The number of hydrogen-bond acceptors (Lipinski definition) is 4. The fourth-order valence-electron chi connectivity index (χ4n) is 2.91. The summed E-state index contributed by atoms with van der Waals surface area (Å²) in [6.07, 6.45) is 4.94. The number of aromatic nitrogens is 3. The summed E-state index contributed by atoms with van der Waals surface area (Å²) in [6, 6.07) is 5.03. The molecule has 1 saturated carbocycles. The van der Waals surface area contributed by atoms with Crippen LogP contribution in [0.5, 0.6) is 5.75 Å². The third kappa shape index (κ3) is 6.83. The minimum absolute atomic E-state index is 0. The third-order valence-corrected chi connectivity index (χ3v) is 4.86. The topological polar surface area (TPSA) is 76.4 Å². The standard InChI is InChI=1S/C20H29FN6O.HI/c1-4-19-26-24-13-27(19)10-9-23-20(22-3)25-14(2)16-7-8-18(17(21)11-16)28-12-15-5-6-15;/h7-8,11,13-15H,4-6,9-10,12H2,1-3H3,(H2,22,23,25);1H. The van der Waals surface area contributed by atoms with Gasteiger partial charge in [0.1, 0.15) is 12.2 Å². The van der Waals surface area contributed by atoms with Crippen molar-refractivity contribution in [2.75, 3.05) is 20.2 Å². The maximum absolute atomic E-state index is 14.3. The van der Waals surface area contributed by atoms with Gasteiger partial charge in [-0.25, -0.2) is 4.39 Å². The number of nitrogens with one attached hydrogen (secondary N) is 2. The molecule has 1 aromatic carbocycles. The summed E-state index contributed by atoms with van der Waals surface area (Å²) in [5.41, 5.74) is 0.839. The summed E-state index contributed by atoms with van der Waals surface area (Å²) in [5.74, 6) is 2.21. The minimum atomic E-state index is -0.325. The number of aliphatic imine (C=N–C) groups is 1. The predicted octanol–water partition coefficient (Wildman–Crippen LogP) is 3.31. The van der Waals surface area contributed by atoms with Crippen LogP contribution in [0.1, 0.15) is 44.1 Å². The first-order valence-electron chi connectivity index (χ1n) is 9.86. The highest BCUT2D eigenvalue weighted by Gasteiger charge is 2.22. The molecule has 0 bridgehead atoms. The van der Waals surface area contributed by atoms with E-state index in [1.54, 1.807) is 19.4 Å². The molecular weight excluding hydrogens is 486 g/mol. The van der Waals surface area contributed by atoms with E-state index in [0.29, 0.717) is 30.8 Å². The molecule has 29 heavy (non-hydrogen) atoms. The van der Waals surface area contributed by atoms with Crippen LogP contribution in [0.3, 0.4) is 0 Å². The van der Waals surface area contributed by atoms with Gasteiger partial charge in [-0.3, -0.25) is 4.99 Å². The van der Waals surface area contributed by atoms with Crippen LogP contribution in [0.15, 0.2) is 29.5 Å². The molecule has 0 radical (unpaired) electrons. The summed E-state index contributed by atoms with van der Waals surface area (Å²) >= 11 is 0. The summed E-state index contributed by atoms with van der Waals surface area (Å²) in [5, 5.41) is 14.6. The summed E-state index contributed by atoms with van der Waals surface area (Å²) in [6.45, 7) is 6.05. The molecular formula is C20H30FIN6O. The lowest BCUT2D eigenvalue weighted by Crippen LogP contribution is -2.40. The number of rotatable bonds is 9. The number of benzene rings is 1. The maximum Gasteiger partial charge on any atom is 0.191 e. The van der Waals surface area contributed by atoms with E-state index in [-0.39, 0.29) is 35.8 Å². The zero-order chi connectivity index (χ0) is 19.9. The Bertz CT molecular complexity index is 808. The monoisotopic (exact) mass is 516 g/mol. The zero-order valence-corrected chi connectivity index (χ0v) is 19.5. The van der Waals surface area contributed by atoms with Gasteiger partial charge in [-0.2, -0.15) is 0 Å². The molecule has 0 spiro atoms. The van der Waals surface area contributed by atoms with Crippen LogP contribution in [-0.2, 0) is 13.0 Å². The van der Waals surface area contributed by atoms with E-state index < -0.39 is 0 Å². The van der Waals surface area contributed by atoms with Crippen molar-refractivity contribution in [1.29, 1.82) is 0 Å². The highest BCUT2D eigenvalue weighted by Crippen LogP contribution is 2.30. The Morgan fingerprint density at radius 1 is 1.41 bits per heavy atom. The average molecular weight is 516 g/mol. The van der Waals surface area contributed by atoms with Crippen molar-refractivity contribution < 1.29 is 9.13 Å². The Morgan fingerprint density at radius 2 is 2.21 bits per heavy atom. The normalized spacial score (nSPS) is 14.8. The molecule has 1 aromatic heterocycles. The molecule has 1 fully saturated rings. The van der Waals surface area contributed by atoms with Gasteiger partial charge >= 0.3 is 0 Å². The van der Waals surface area contributed by atoms with Crippen molar-refractivity contribution in [1.82, 2.24) is 25.4 Å². The van der Waals surface area contributed by atoms with Crippen LogP contribution in [0, 0.1) is 11.7 Å². The maximum atomic E-state index is 14.3. The molecule has 160 valence electrons. The van der Waals surface area contributed by atoms with Crippen LogP contribution < -0.4 is 15.4 Å². The minimum Gasteiger partial charge on any atom is -0.490 e. The third-order valence-electron chi connectivity index (χ3n) is 4.86. The molecule has 0 saturated heterocycles. The largest absolute Gasteiger partial charge is 0.490 e. The van der Waals surface area contributed by atoms with Crippen molar-refractivity contribution in [3.05, 3.63) is 41.7 Å². The second kappa shape index (κ2) is 11.3. The van der Waals surface area contributed by atoms with E-state index in [1.807, 2.05) is 17.6 Å². The predicted molar refractivity (Wildman–Crippen MR) is 122 cm³/mol. The zero-order valence-electron chi connectivity index (χ0n) is 17.2. The average Bonchev–Trinajstić information content (AvgIpc) is 3.42. The van der Waals surface area contributed by atoms with Gasteiger partial charge in [0.05, 0.1) is 12.6 Å². The fraction of sp³-hybridized carbons (Fsp3) is 0.550. The van der Waals surface area contributed by atoms with Crippen molar-refractivity contribution >= 4 is 29.9 Å². The second-order valence-corrected chi connectivity index (χ2v) is 7.10. The summed E-state index contributed by atoms with van der Waals surface area (Å²) in [7, 11) is 1.72. The highest BCUT2D eigenvalue weighted by atomic mass is 127. The van der Waals surface area contributed by atoms with E-state index in [4.69, 9.17) is 4.74 Å². The van der Waals surface area contributed by atoms with Gasteiger partial charge < -0.3 is 19.9 Å². The van der Waals surface area contributed by atoms with Gasteiger partial charge in [-0.15, -0.1) is 34.2 Å². The van der Waals surface area contributed by atoms with Gasteiger partial charge in [0.25, 0.3) is 0 Å². The smallest absolute Gasteiger partial charge is 0.191 e. The van der Waals surface area contributed by atoms with Gasteiger partial charge in [0.2, 0.25) is 0 Å². The van der Waals surface area contributed by atoms with E-state index in [0.717, 1.165) is 24.4 Å². The molecule has 1 atom stereocenters. The summed E-state index contributed by atoms with van der Waals surface area (Å²) < 4.78 is 21.9. The van der Waals surface area contributed by atoms with E-state index in [1.165, 1.54) is 18.9 Å². The number of hydrogen-bond donors (Lipinski definition) is 2. The number of guanidine groups is 1. The first-order valence-corrected chi connectivity index (χ1v) is 9.86. The Morgan fingerprint density at radius 3 is 2.86 bits per heavy atom. The van der Waals surface area contributed by atoms with Crippen LogP contribution in [0.4, 0.5) is 4.39 Å². The number of halogens is 2. The highest BCUT2D eigenvalue weighted by molar-refractivity contribution is 14.0. The lowest BCUT2D eigenvalue weighted by atomic mass is 10.1. The Kier molecular flexibility index (Phi) is 9.12. The lowest BCUT2D eigenvalue weighted by molar-refractivity contribution is 0.285. The van der Waals surface area contributed by atoms with Gasteiger partial charge in [-0.05, 0) is 43.4 Å². The molecule has 1 aliphatic carbocycles. The number of ether oxygens (including phenoxy) is 1. The second-order valence-electron chi connectivity index (χ2n) is 7.10. The Balaban J connectivity index is 0.00000300. The Labute approximate surface area is 188 Å². The SMILES string of the molecule is CCc1nncn1CCNC(=NC)NC(C)c1ccc(OCC2CC2)c(F)c1.I. The van der Waals surface area contributed by atoms with Crippen LogP contribution in [0.25, 0.3) is 0 Å². The van der Waals surface area contributed by atoms with Crippen LogP contribution in [0.2, 0.25) is 0 Å². The van der Waals surface area contributed by atoms with Gasteiger partial charge in [0.15, 0.2) is 17.5 Å². The molecule has 1 aliphatic rings. The quantitative estimate of drug-likeness (QED) is 0.304. The van der Waals surface area contributed by atoms with E-state index in [2.05, 4.69) is 32.7 Å². The molecule has 1 heterocycles. The molecule has 2 N–H and O–H groups in total. The van der Waals surface area contributed by atoms with Crippen LogP contribution >= 0.6 is 24.0 Å². The van der Waals surface area contributed by atoms with E-state index >= 15 is 0 Å². The summed E-state index contributed by atoms with van der Waals surface area (Å²) in [4.78, 5) is 4.25. The molecule has 0 amide bonds. The molecule has 3 rings (SSSR count). The molecule has 7 nitrogen and oxygen atoms in total. The molecule has 9 heteroatoms. The van der Waals surface area contributed by atoms with Gasteiger partial charge in [0, 0.05) is 26.6 Å². The Hall–Kier alpha value is -1.91. The number of nitrogens with zero attached hydrogens (tertiary/aromatic N) is 4. The van der Waals surface area contributed by atoms with Crippen molar-refractivity contribution in [3.8, 4) is 5.75 Å². The lowest BCUT2D eigenvalue weighted by Gasteiger charge is -2.19. The molecule has 1 unspecified atom stereocenters.